The van der Waals surface area contributed by atoms with Crippen LogP contribution in [-0.4, -0.2) is 22.5 Å². The van der Waals surface area contributed by atoms with Gasteiger partial charge in [0.15, 0.2) is 0 Å². The van der Waals surface area contributed by atoms with Gasteiger partial charge in [-0.15, -0.1) is 0 Å². The average molecular weight is 263 g/mol. The molecule has 4 heteroatoms. The second-order valence-electron chi connectivity index (χ2n) is 5.82. The summed E-state index contributed by atoms with van der Waals surface area (Å²) in [5.41, 5.74) is 2.08. The van der Waals surface area contributed by atoms with Crippen LogP contribution in [0.1, 0.15) is 45.4 Å². The number of aromatic nitrogens is 1. The molecule has 1 heterocycles. The summed E-state index contributed by atoms with van der Waals surface area (Å²) in [4.78, 5) is 15.5. The van der Waals surface area contributed by atoms with E-state index >= 15 is 0 Å². The van der Waals surface area contributed by atoms with Crippen molar-refractivity contribution in [3.63, 3.8) is 0 Å². The number of carbonyl (C=O) groups is 1. The van der Waals surface area contributed by atoms with E-state index in [0.717, 1.165) is 18.7 Å². The highest BCUT2D eigenvalue weighted by atomic mass is 16.1. The number of rotatable bonds is 6. The van der Waals surface area contributed by atoms with Crippen LogP contribution in [0.4, 0.5) is 0 Å². The topological polar surface area (TPSA) is 54.0 Å². The van der Waals surface area contributed by atoms with Gasteiger partial charge in [-0.2, -0.15) is 0 Å². The maximum Gasteiger partial charge on any atom is 0.217 e. The lowest BCUT2D eigenvalue weighted by atomic mass is 9.96. The van der Waals surface area contributed by atoms with Gasteiger partial charge < -0.3 is 10.6 Å². The van der Waals surface area contributed by atoms with Gasteiger partial charge in [0.05, 0.1) is 5.69 Å². The standard InChI is InChI=1S/C15H25N3O/c1-11-7-6-8-16-14(11)10-17-12(2)9-15(4,5)18-13(3)19/h6-8,12,17H,9-10H2,1-5H3,(H,18,19). The molecule has 0 aliphatic rings. The Hall–Kier alpha value is -1.42. The SMILES string of the molecule is CC(=O)NC(C)(C)CC(C)NCc1ncccc1C. The second kappa shape index (κ2) is 6.66. The molecule has 0 saturated carbocycles. The molecule has 0 radical (unpaired) electrons. The largest absolute Gasteiger partial charge is 0.351 e. The van der Waals surface area contributed by atoms with E-state index in [1.807, 2.05) is 26.1 Å². The molecule has 1 amide bonds. The summed E-state index contributed by atoms with van der Waals surface area (Å²) < 4.78 is 0. The lowest BCUT2D eigenvalue weighted by molar-refractivity contribution is -0.120. The number of amides is 1. The first-order valence-corrected chi connectivity index (χ1v) is 6.73. The molecule has 1 aromatic rings. The smallest absolute Gasteiger partial charge is 0.217 e. The Bertz CT molecular complexity index is 429. The van der Waals surface area contributed by atoms with Crippen molar-refractivity contribution in [2.75, 3.05) is 0 Å². The summed E-state index contributed by atoms with van der Waals surface area (Å²) in [6.45, 7) is 10.6. The maximum atomic E-state index is 11.1. The molecule has 4 nitrogen and oxygen atoms in total. The summed E-state index contributed by atoms with van der Waals surface area (Å²) in [5.74, 6) is 0.0118. The molecule has 0 saturated heterocycles. The van der Waals surface area contributed by atoms with Gasteiger partial charge in [-0.05, 0) is 45.7 Å². The van der Waals surface area contributed by atoms with Crippen molar-refractivity contribution in [3.8, 4) is 0 Å². The van der Waals surface area contributed by atoms with Crippen LogP contribution in [0.2, 0.25) is 0 Å². The van der Waals surface area contributed by atoms with Crippen molar-refractivity contribution < 1.29 is 4.79 Å². The van der Waals surface area contributed by atoms with Gasteiger partial charge in [-0.3, -0.25) is 9.78 Å². The molecule has 0 aliphatic carbocycles. The fraction of sp³-hybridized carbons (Fsp3) is 0.600. The molecule has 1 aromatic heterocycles. The fourth-order valence-corrected chi connectivity index (χ4v) is 2.34. The summed E-state index contributed by atoms with van der Waals surface area (Å²) in [7, 11) is 0. The van der Waals surface area contributed by atoms with Gasteiger partial charge in [0, 0.05) is 31.2 Å². The van der Waals surface area contributed by atoms with Crippen LogP contribution < -0.4 is 10.6 Å². The van der Waals surface area contributed by atoms with Gasteiger partial charge in [-0.1, -0.05) is 6.07 Å². The first-order valence-electron chi connectivity index (χ1n) is 6.73. The average Bonchev–Trinajstić information content (AvgIpc) is 2.25. The highest BCUT2D eigenvalue weighted by Gasteiger charge is 2.21. The van der Waals surface area contributed by atoms with E-state index in [2.05, 4.69) is 35.5 Å². The first kappa shape index (κ1) is 15.6. The van der Waals surface area contributed by atoms with E-state index in [4.69, 9.17) is 0 Å². The Morgan fingerprint density at radius 2 is 2.16 bits per heavy atom. The molecule has 0 fully saturated rings. The van der Waals surface area contributed by atoms with Gasteiger partial charge in [-0.25, -0.2) is 0 Å². The van der Waals surface area contributed by atoms with Gasteiger partial charge in [0.25, 0.3) is 0 Å². The molecule has 19 heavy (non-hydrogen) atoms. The Morgan fingerprint density at radius 1 is 1.47 bits per heavy atom. The molecule has 2 N–H and O–H groups in total. The highest BCUT2D eigenvalue weighted by molar-refractivity contribution is 5.73. The summed E-state index contributed by atoms with van der Waals surface area (Å²) in [6, 6.07) is 4.32. The molecule has 0 bridgehead atoms. The molecule has 0 aromatic carbocycles. The number of aryl methyl sites for hydroxylation is 1. The molecule has 1 unspecified atom stereocenters. The van der Waals surface area contributed by atoms with Crippen molar-refractivity contribution in [1.82, 2.24) is 15.6 Å². The third-order valence-corrected chi connectivity index (χ3v) is 3.07. The fourth-order valence-electron chi connectivity index (χ4n) is 2.34. The lowest BCUT2D eigenvalue weighted by Gasteiger charge is -2.29. The Labute approximate surface area is 116 Å². The monoisotopic (exact) mass is 263 g/mol. The normalized spacial score (nSPS) is 13.1. The van der Waals surface area contributed by atoms with Crippen LogP contribution in [0.5, 0.6) is 0 Å². The van der Waals surface area contributed by atoms with Gasteiger partial charge in [0.2, 0.25) is 5.91 Å². The molecular weight excluding hydrogens is 238 g/mol. The van der Waals surface area contributed by atoms with E-state index in [9.17, 15) is 4.79 Å². The minimum atomic E-state index is -0.197. The number of hydrogen-bond acceptors (Lipinski definition) is 3. The zero-order valence-corrected chi connectivity index (χ0v) is 12.6. The quantitative estimate of drug-likeness (QED) is 0.827. The maximum absolute atomic E-state index is 11.1. The summed E-state index contributed by atoms with van der Waals surface area (Å²) in [5, 5.41) is 6.42. The van der Waals surface area contributed by atoms with Crippen LogP contribution in [0, 0.1) is 6.92 Å². The number of pyridine rings is 1. The molecule has 1 rings (SSSR count). The van der Waals surface area contributed by atoms with Gasteiger partial charge >= 0.3 is 0 Å². The van der Waals surface area contributed by atoms with Crippen LogP contribution in [-0.2, 0) is 11.3 Å². The zero-order valence-electron chi connectivity index (χ0n) is 12.6. The lowest BCUT2D eigenvalue weighted by Crippen LogP contribution is -2.46. The molecule has 0 spiro atoms. The second-order valence-corrected chi connectivity index (χ2v) is 5.82. The van der Waals surface area contributed by atoms with Crippen LogP contribution in [0.25, 0.3) is 0 Å². The number of nitrogens with one attached hydrogen (secondary N) is 2. The zero-order chi connectivity index (χ0) is 14.5. The van der Waals surface area contributed by atoms with E-state index in [1.54, 1.807) is 6.92 Å². The number of nitrogens with zero attached hydrogens (tertiary/aromatic N) is 1. The third-order valence-electron chi connectivity index (χ3n) is 3.07. The molecular formula is C15H25N3O. The Morgan fingerprint density at radius 3 is 2.74 bits per heavy atom. The minimum absolute atomic E-state index is 0.0118. The Balaban J connectivity index is 2.46. The van der Waals surface area contributed by atoms with Crippen molar-refractivity contribution in [1.29, 1.82) is 0 Å². The number of hydrogen-bond donors (Lipinski definition) is 2. The summed E-state index contributed by atoms with van der Waals surface area (Å²) in [6.07, 6.45) is 2.69. The minimum Gasteiger partial charge on any atom is -0.351 e. The van der Waals surface area contributed by atoms with Crippen molar-refractivity contribution in [2.24, 2.45) is 0 Å². The van der Waals surface area contributed by atoms with Gasteiger partial charge in [0.1, 0.15) is 0 Å². The van der Waals surface area contributed by atoms with Crippen LogP contribution in [0.3, 0.4) is 0 Å². The van der Waals surface area contributed by atoms with Crippen LogP contribution >= 0.6 is 0 Å². The highest BCUT2D eigenvalue weighted by Crippen LogP contribution is 2.12. The summed E-state index contributed by atoms with van der Waals surface area (Å²) >= 11 is 0. The third kappa shape index (κ3) is 5.83. The first-order chi connectivity index (χ1) is 8.80. The van der Waals surface area contributed by atoms with Crippen LogP contribution in [0.15, 0.2) is 18.3 Å². The van der Waals surface area contributed by atoms with E-state index in [0.29, 0.717) is 6.04 Å². The molecule has 0 aliphatic heterocycles. The predicted octanol–water partition coefficient (Wildman–Crippen LogP) is 2.17. The van der Waals surface area contributed by atoms with Crippen molar-refractivity contribution >= 4 is 5.91 Å². The van der Waals surface area contributed by atoms with E-state index in [1.165, 1.54) is 5.56 Å². The predicted molar refractivity (Wildman–Crippen MR) is 77.8 cm³/mol. The molecule has 1 atom stereocenters. The molecule has 106 valence electrons. The van der Waals surface area contributed by atoms with Crippen molar-refractivity contribution in [2.45, 2.75) is 59.2 Å². The van der Waals surface area contributed by atoms with Crippen molar-refractivity contribution in [3.05, 3.63) is 29.6 Å². The number of carbonyl (C=O) groups excluding carboxylic acids is 1. The van der Waals surface area contributed by atoms with E-state index < -0.39 is 0 Å². The van der Waals surface area contributed by atoms with E-state index in [-0.39, 0.29) is 11.4 Å². The Kier molecular flexibility index (Phi) is 5.48.